The van der Waals surface area contributed by atoms with Gasteiger partial charge in [0.25, 0.3) is 0 Å². The molecule has 2 aromatic rings. The summed E-state index contributed by atoms with van der Waals surface area (Å²) < 4.78 is 10.1. The fourth-order valence-corrected chi connectivity index (χ4v) is 1.66. The molecule has 0 radical (unpaired) electrons. The van der Waals surface area contributed by atoms with Gasteiger partial charge in [0.2, 0.25) is 0 Å². The summed E-state index contributed by atoms with van der Waals surface area (Å²) >= 11 is 0. The number of hydrogen-bond acceptors (Lipinski definition) is 4. The van der Waals surface area contributed by atoms with Gasteiger partial charge in [0, 0.05) is 11.8 Å². The highest BCUT2D eigenvalue weighted by molar-refractivity contribution is 5.74. The van der Waals surface area contributed by atoms with Crippen molar-refractivity contribution >= 4 is 5.97 Å². The van der Waals surface area contributed by atoms with Crippen molar-refractivity contribution in [2.75, 3.05) is 7.11 Å². The molecule has 0 aliphatic rings. The zero-order valence-corrected chi connectivity index (χ0v) is 10.9. The number of hydrogen-bond donors (Lipinski definition) is 0. The van der Waals surface area contributed by atoms with Crippen molar-refractivity contribution in [1.82, 2.24) is 4.98 Å². The second-order valence-corrected chi connectivity index (χ2v) is 4.02. The summed E-state index contributed by atoms with van der Waals surface area (Å²) in [7, 11) is 1.34. The van der Waals surface area contributed by atoms with E-state index in [1.54, 1.807) is 13.1 Å². The first-order valence-corrected chi connectivity index (χ1v) is 5.96. The van der Waals surface area contributed by atoms with Crippen LogP contribution in [0.5, 0.6) is 5.75 Å². The number of rotatable bonds is 4. The molecule has 2 rings (SSSR count). The van der Waals surface area contributed by atoms with Gasteiger partial charge in [0.1, 0.15) is 5.75 Å². The summed E-state index contributed by atoms with van der Waals surface area (Å²) in [6.45, 7) is 1.65. The van der Waals surface area contributed by atoms with E-state index in [0.717, 1.165) is 11.3 Å². The van der Waals surface area contributed by atoms with Crippen LogP contribution >= 0.6 is 0 Å². The molecule has 1 heterocycles. The molecule has 98 valence electrons. The molecule has 4 heteroatoms. The van der Waals surface area contributed by atoms with Crippen LogP contribution in [-0.4, -0.2) is 24.2 Å². The number of methoxy groups -OCH3 is 1. The number of benzene rings is 1. The molecule has 0 amide bonds. The van der Waals surface area contributed by atoms with Crippen molar-refractivity contribution in [3.8, 4) is 17.0 Å². The van der Waals surface area contributed by atoms with E-state index in [1.807, 2.05) is 42.5 Å². The summed E-state index contributed by atoms with van der Waals surface area (Å²) in [4.78, 5) is 15.5. The average molecular weight is 257 g/mol. The van der Waals surface area contributed by atoms with Crippen molar-refractivity contribution in [2.45, 2.75) is 13.0 Å². The van der Waals surface area contributed by atoms with E-state index < -0.39 is 12.1 Å². The van der Waals surface area contributed by atoms with Crippen molar-refractivity contribution in [2.24, 2.45) is 0 Å². The highest BCUT2D eigenvalue weighted by atomic mass is 16.6. The lowest BCUT2D eigenvalue weighted by molar-refractivity contribution is -0.147. The fourth-order valence-electron chi connectivity index (χ4n) is 1.66. The van der Waals surface area contributed by atoms with E-state index in [-0.39, 0.29) is 0 Å². The molecule has 0 aliphatic carbocycles. The van der Waals surface area contributed by atoms with Gasteiger partial charge in [0.15, 0.2) is 6.10 Å². The monoisotopic (exact) mass is 257 g/mol. The number of pyridine rings is 1. The summed E-state index contributed by atoms with van der Waals surface area (Å²) in [5, 5.41) is 0. The molecule has 0 saturated heterocycles. The first kappa shape index (κ1) is 13.1. The fraction of sp³-hybridized carbons (Fsp3) is 0.200. The Labute approximate surface area is 112 Å². The zero-order chi connectivity index (χ0) is 13.7. The van der Waals surface area contributed by atoms with Gasteiger partial charge < -0.3 is 9.47 Å². The number of ether oxygens (including phenoxy) is 2. The van der Waals surface area contributed by atoms with Crippen molar-refractivity contribution in [1.29, 1.82) is 0 Å². The van der Waals surface area contributed by atoms with Gasteiger partial charge >= 0.3 is 5.97 Å². The van der Waals surface area contributed by atoms with Gasteiger partial charge in [-0.25, -0.2) is 4.79 Å². The van der Waals surface area contributed by atoms with Crippen LogP contribution < -0.4 is 4.74 Å². The minimum atomic E-state index is -0.620. The highest BCUT2D eigenvalue weighted by Crippen LogP contribution is 2.21. The van der Waals surface area contributed by atoms with Gasteiger partial charge in [-0.2, -0.15) is 0 Å². The number of aromatic nitrogens is 1. The van der Waals surface area contributed by atoms with Crippen LogP contribution in [0.1, 0.15) is 6.92 Å². The van der Waals surface area contributed by atoms with Crippen molar-refractivity contribution < 1.29 is 14.3 Å². The van der Waals surface area contributed by atoms with Crippen LogP contribution in [0.2, 0.25) is 0 Å². The Morgan fingerprint density at radius 2 is 1.89 bits per heavy atom. The topological polar surface area (TPSA) is 48.4 Å². The molecule has 1 unspecified atom stereocenters. The molecule has 0 spiro atoms. The molecule has 0 bridgehead atoms. The SMILES string of the molecule is COC(=O)C(C)Oc1ccc(-c2ccccn2)cc1. The van der Waals surface area contributed by atoms with Crippen LogP contribution in [0, 0.1) is 0 Å². The number of carbonyl (C=O) groups is 1. The Bertz CT molecular complexity index is 537. The Morgan fingerprint density at radius 3 is 2.47 bits per heavy atom. The maximum Gasteiger partial charge on any atom is 0.346 e. The standard InChI is InChI=1S/C15H15NO3/c1-11(15(17)18-2)19-13-8-6-12(7-9-13)14-5-3-4-10-16-14/h3-11H,1-2H3. The second kappa shape index (κ2) is 6.00. The Kier molecular flexibility index (Phi) is 4.13. The van der Waals surface area contributed by atoms with E-state index in [9.17, 15) is 4.79 Å². The lowest BCUT2D eigenvalue weighted by atomic mass is 10.1. The Balaban J connectivity index is 2.09. The van der Waals surface area contributed by atoms with Crippen LogP contribution in [0.4, 0.5) is 0 Å². The molecule has 4 nitrogen and oxygen atoms in total. The molecule has 0 fully saturated rings. The molecule has 0 saturated carbocycles. The molecule has 0 N–H and O–H groups in total. The maximum atomic E-state index is 11.2. The summed E-state index contributed by atoms with van der Waals surface area (Å²) in [6, 6.07) is 13.2. The molecule has 1 atom stereocenters. The zero-order valence-electron chi connectivity index (χ0n) is 10.9. The first-order valence-electron chi connectivity index (χ1n) is 5.96. The Hall–Kier alpha value is -2.36. The van der Waals surface area contributed by atoms with E-state index in [4.69, 9.17) is 4.74 Å². The molecule has 19 heavy (non-hydrogen) atoms. The summed E-state index contributed by atoms with van der Waals surface area (Å²) in [6.07, 6.45) is 1.13. The smallest absolute Gasteiger partial charge is 0.346 e. The minimum Gasteiger partial charge on any atom is -0.479 e. The van der Waals surface area contributed by atoms with E-state index in [1.165, 1.54) is 7.11 Å². The molecule has 1 aromatic heterocycles. The van der Waals surface area contributed by atoms with Gasteiger partial charge in [-0.1, -0.05) is 6.07 Å². The second-order valence-electron chi connectivity index (χ2n) is 4.02. The molecule has 1 aromatic carbocycles. The van der Waals surface area contributed by atoms with Crippen LogP contribution in [0.25, 0.3) is 11.3 Å². The van der Waals surface area contributed by atoms with Gasteiger partial charge in [-0.15, -0.1) is 0 Å². The van der Waals surface area contributed by atoms with Gasteiger partial charge in [0.05, 0.1) is 12.8 Å². The Morgan fingerprint density at radius 1 is 1.16 bits per heavy atom. The third-order valence-corrected chi connectivity index (χ3v) is 2.66. The third kappa shape index (κ3) is 3.31. The average Bonchev–Trinajstić information content (AvgIpc) is 2.48. The summed E-state index contributed by atoms with van der Waals surface area (Å²) in [5.41, 5.74) is 1.90. The quantitative estimate of drug-likeness (QED) is 0.790. The number of esters is 1. The molecular formula is C15H15NO3. The van der Waals surface area contributed by atoms with Crippen molar-refractivity contribution in [3.05, 3.63) is 48.7 Å². The van der Waals surface area contributed by atoms with E-state index >= 15 is 0 Å². The first-order chi connectivity index (χ1) is 9.20. The van der Waals surface area contributed by atoms with E-state index in [0.29, 0.717) is 5.75 Å². The van der Waals surface area contributed by atoms with Gasteiger partial charge in [-0.05, 0) is 43.3 Å². The lowest BCUT2D eigenvalue weighted by Gasteiger charge is -2.12. The molecular weight excluding hydrogens is 242 g/mol. The summed E-state index contributed by atoms with van der Waals surface area (Å²) in [5.74, 6) is 0.228. The predicted molar refractivity (Wildman–Crippen MR) is 71.8 cm³/mol. The van der Waals surface area contributed by atoms with Gasteiger partial charge in [-0.3, -0.25) is 4.98 Å². The largest absolute Gasteiger partial charge is 0.479 e. The van der Waals surface area contributed by atoms with Crippen LogP contribution in [-0.2, 0) is 9.53 Å². The van der Waals surface area contributed by atoms with Crippen LogP contribution in [0.3, 0.4) is 0 Å². The van der Waals surface area contributed by atoms with E-state index in [2.05, 4.69) is 9.72 Å². The predicted octanol–water partition coefficient (Wildman–Crippen LogP) is 2.69. The number of carbonyl (C=O) groups excluding carboxylic acids is 1. The number of nitrogens with zero attached hydrogens (tertiary/aromatic N) is 1. The lowest BCUT2D eigenvalue weighted by Crippen LogP contribution is -2.24. The molecule has 0 aliphatic heterocycles. The van der Waals surface area contributed by atoms with Crippen LogP contribution in [0.15, 0.2) is 48.7 Å². The normalized spacial score (nSPS) is 11.7. The minimum absolute atomic E-state index is 0.395. The van der Waals surface area contributed by atoms with Crippen molar-refractivity contribution in [3.63, 3.8) is 0 Å². The maximum absolute atomic E-state index is 11.2. The highest BCUT2D eigenvalue weighted by Gasteiger charge is 2.14. The third-order valence-electron chi connectivity index (χ3n) is 2.66.